The predicted octanol–water partition coefficient (Wildman–Crippen LogP) is -1.94. The number of rotatable bonds is 7. The number of benzene rings is 2. The van der Waals surface area contributed by atoms with Crippen LogP contribution in [0.5, 0.6) is 11.5 Å². The van der Waals surface area contributed by atoms with Gasteiger partial charge in [0.05, 0.1) is 24.2 Å². The van der Waals surface area contributed by atoms with E-state index in [9.17, 15) is 45.6 Å². The molecule has 0 amide bonds. The standard InChI is InChI=1S/C25H32O13/c1-9-6-11-4-3-5-12(16(11)19(31)15(9)10(2)28)35-25-22(34)23(18(30)14(8-27)37-25)38-24-21(33)20(32)17(29)13(7-26)36-24/h3-6,13-14,17-18,20-27,29-34H,7-8H2,1-2H3/t13-,14+,17-,18-,20+,21+,22+,23-,24-,25-/m1/s1. The Hall–Kier alpha value is -2.43. The molecule has 4 rings (SSSR count). The highest BCUT2D eigenvalue weighted by Gasteiger charge is 2.51. The molecule has 13 heteroatoms. The molecule has 0 radical (unpaired) electrons. The van der Waals surface area contributed by atoms with E-state index in [-0.39, 0.29) is 28.2 Å². The molecule has 10 atom stereocenters. The zero-order valence-corrected chi connectivity index (χ0v) is 20.6. The second kappa shape index (κ2) is 11.4. The number of fused-ring (bicyclic) bond motifs is 1. The maximum atomic E-state index is 12.1. The van der Waals surface area contributed by atoms with E-state index in [1.54, 1.807) is 25.1 Å². The molecule has 210 valence electrons. The Balaban J connectivity index is 1.65. The second-order valence-corrected chi connectivity index (χ2v) is 9.45. The Labute approximate surface area is 217 Å². The maximum Gasteiger partial charge on any atom is 0.229 e. The van der Waals surface area contributed by atoms with E-state index in [4.69, 9.17) is 18.9 Å². The first-order chi connectivity index (χ1) is 18.0. The van der Waals surface area contributed by atoms with Gasteiger partial charge in [0, 0.05) is 0 Å². The lowest BCUT2D eigenvalue weighted by atomic mass is 9.96. The van der Waals surface area contributed by atoms with Crippen LogP contribution in [-0.4, -0.2) is 121 Å². The fourth-order valence-electron chi connectivity index (χ4n) is 4.85. The molecule has 8 N–H and O–H groups in total. The van der Waals surface area contributed by atoms with Crippen molar-refractivity contribution in [2.45, 2.75) is 75.3 Å². The number of ketones is 1. The van der Waals surface area contributed by atoms with E-state index in [0.29, 0.717) is 10.9 Å². The van der Waals surface area contributed by atoms with Crippen LogP contribution >= 0.6 is 0 Å². The van der Waals surface area contributed by atoms with Gasteiger partial charge in [-0.3, -0.25) is 4.79 Å². The van der Waals surface area contributed by atoms with Crippen molar-refractivity contribution in [1.82, 2.24) is 0 Å². The first-order valence-electron chi connectivity index (χ1n) is 12.0. The number of aryl methyl sites for hydroxylation is 1. The van der Waals surface area contributed by atoms with Gasteiger partial charge in [0.1, 0.15) is 60.3 Å². The molecule has 0 aliphatic carbocycles. The Bertz CT molecular complexity index is 1150. The smallest absolute Gasteiger partial charge is 0.229 e. The summed E-state index contributed by atoms with van der Waals surface area (Å²) in [5.41, 5.74) is 0.635. The zero-order chi connectivity index (χ0) is 27.9. The van der Waals surface area contributed by atoms with Crippen LogP contribution in [0.15, 0.2) is 24.3 Å². The van der Waals surface area contributed by atoms with Gasteiger partial charge in [0.25, 0.3) is 0 Å². The summed E-state index contributed by atoms with van der Waals surface area (Å²) in [4.78, 5) is 12.1. The van der Waals surface area contributed by atoms with Gasteiger partial charge in [-0.2, -0.15) is 0 Å². The number of carbonyl (C=O) groups is 1. The average molecular weight is 541 g/mol. The first kappa shape index (κ1) is 28.6. The lowest BCUT2D eigenvalue weighted by Gasteiger charge is -2.45. The number of ether oxygens (including phenoxy) is 4. The van der Waals surface area contributed by atoms with Crippen molar-refractivity contribution >= 4 is 16.6 Å². The number of Topliss-reactive ketones (excluding diaryl/α,β-unsaturated/α-hetero) is 1. The molecule has 0 unspecified atom stereocenters. The van der Waals surface area contributed by atoms with Crippen LogP contribution in [0.4, 0.5) is 0 Å². The molecule has 2 heterocycles. The Kier molecular flexibility index (Phi) is 8.54. The molecule has 0 aromatic heterocycles. The molecule has 0 spiro atoms. The van der Waals surface area contributed by atoms with Crippen molar-refractivity contribution in [3.63, 3.8) is 0 Å². The topological polar surface area (TPSA) is 216 Å². The number of phenolic OH excluding ortho intramolecular Hbond substituents is 1. The third-order valence-corrected chi connectivity index (χ3v) is 6.86. The lowest BCUT2D eigenvalue weighted by molar-refractivity contribution is -0.352. The summed E-state index contributed by atoms with van der Waals surface area (Å²) in [6.07, 6.45) is -16.2. The number of hydrogen-bond donors (Lipinski definition) is 8. The molecule has 2 aromatic carbocycles. The average Bonchev–Trinajstić information content (AvgIpc) is 2.87. The minimum absolute atomic E-state index is 0.0196. The van der Waals surface area contributed by atoms with Crippen LogP contribution in [0.25, 0.3) is 10.8 Å². The minimum Gasteiger partial charge on any atom is -0.506 e. The van der Waals surface area contributed by atoms with E-state index in [1.807, 2.05) is 0 Å². The van der Waals surface area contributed by atoms with Gasteiger partial charge >= 0.3 is 0 Å². The SMILES string of the molecule is CC(=O)c1c(C)cc2cccc(O[C@@H]3O[C@@H](CO)[C@@H](O)[C@@H](O[C@H]4O[C@H](CO)[C@@H](O)[C@H](O)[C@@H]4O)[C@@H]3O)c2c1O. The Morgan fingerprint density at radius 2 is 1.53 bits per heavy atom. The second-order valence-electron chi connectivity index (χ2n) is 9.45. The molecular formula is C25H32O13. The monoisotopic (exact) mass is 540 g/mol. The third kappa shape index (κ3) is 5.10. The van der Waals surface area contributed by atoms with Crippen molar-refractivity contribution in [1.29, 1.82) is 0 Å². The van der Waals surface area contributed by atoms with E-state index in [1.165, 1.54) is 13.0 Å². The Morgan fingerprint density at radius 3 is 2.16 bits per heavy atom. The van der Waals surface area contributed by atoms with Crippen LogP contribution in [-0.2, 0) is 14.2 Å². The fraction of sp³-hybridized carbons (Fsp3) is 0.560. The van der Waals surface area contributed by atoms with Gasteiger partial charge in [-0.05, 0) is 30.9 Å². The molecular weight excluding hydrogens is 508 g/mol. The molecule has 2 aromatic rings. The summed E-state index contributed by atoms with van der Waals surface area (Å²) < 4.78 is 22.3. The van der Waals surface area contributed by atoms with Crippen molar-refractivity contribution in [2.75, 3.05) is 13.2 Å². The number of aliphatic hydroxyl groups is 7. The zero-order valence-electron chi connectivity index (χ0n) is 20.6. The van der Waals surface area contributed by atoms with Crippen LogP contribution in [0.3, 0.4) is 0 Å². The predicted molar refractivity (Wildman–Crippen MR) is 127 cm³/mol. The maximum absolute atomic E-state index is 12.1. The van der Waals surface area contributed by atoms with Gasteiger partial charge < -0.3 is 59.8 Å². The van der Waals surface area contributed by atoms with Gasteiger partial charge in [-0.25, -0.2) is 0 Å². The van der Waals surface area contributed by atoms with Crippen LogP contribution in [0.2, 0.25) is 0 Å². The molecule has 2 saturated heterocycles. The molecule has 2 fully saturated rings. The minimum atomic E-state index is -1.81. The van der Waals surface area contributed by atoms with Crippen molar-refractivity contribution in [2.24, 2.45) is 0 Å². The Morgan fingerprint density at radius 1 is 0.895 bits per heavy atom. The van der Waals surface area contributed by atoms with Crippen molar-refractivity contribution in [3.05, 3.63) is 35.4 Å². The van der Waals surface area contributed by atoms with Gasteiger partial charge in [-0.15, -0.1) is 0 Å². The summed E-state index contributed by atoms with van der Waals surface area (Å²) >= 11 is 0. The third-order valence-electron chi connectivity index (χ3n) is 6.86. The molecule has 0 bridgehead atoms. The van der Waals surface area contributed by atoms with E-state index < -0.39 is 74.6 Å². The first-order valence-corrected chi connectivity index (χ1v) is 12.0. The van der Waals surface area contributed by atoms with Crippen molar-refractivity contribution < 1.29 is 64.6 Å². The normalized spacial score (nSPS) is 35.8. The summed E-state index contributed by atoms with van der Waals surface area (Å²) in [5.74, 6) is -0.686. The van der Waals surface area contributed by atoms with Crippen LogP contribution in [0, 0.1) is 6.92 Å². The number of carbonyl (C=O) groups excluding carboxylic acids is 1. The molecule has 38 heavy (non-hydrogen) atoms. The molecule has 13 nitrogen and oxygen atoms in total. The van der Waals surface area contributed by atoms with E-state index in [2.05, 4.69) is 0 Å². The fourth-order valence-corrected chi connectivity index (χ4v) is 4.85. The quantitative estimate of drug-likeness (QED) is 0.180. The van der Waals surface area contributed by atoms with Crippen molar-refractivity contribution in [3.8, 4) is 11.5 Å². The molecule has 2 aliphatic heterocycles. The van der Waals surface area contributed by atoms with Gasteiger partial charge in [0.15, 0.2) is 12.1 Å². The van der Waals surface area contributed by atoms with E-state index in [0.717, 1.165) is 0 Å². The number of aromatic hydroxyl groups is 1. The molecule has 0 saturated carbocycles. The number of hydrogen-bond acceptors (Lipinski definition) is 13. The number of phenols is 1. The highest BCUT2D eigenvalue weighted by Crippen LogP contribution is 2.39. The molecule has 2 aliphatic rings. The largest absolute Gasteiger partial charge is 0.506 e. The highest BCUT2D eigenvalue weighted by molar-refractivity contribution is 6.06. The van der Waals surface area contributed by atoms with E-state index >= 15 is 0 Å². The summed E-state index contributed by atoms with van der Waals surface area (Å²) in [5, 5.41) is 82.8. The van der Waals surface area contributed by atoms with Crippen LogP contribution < -0.4 is 4.74 Å². The summed E-state index contributed by atoms with van der Waals surface area (Å²) in [6.45, 7) is 1.53. The summed E-state index contributed by atoms with van der Waals surface area (Å²) in [6, 6.07) is 6.44. The van der Waals surface area contributed by atoms with Crippen LogP contribution in [0.1, 0.15) is 22.8 Å². The number of aliphatic hydroxyl groups excluding tert-OH is 7. The highest BCUT2D eigenvalue weighted by atomic mass is 16.7. The lowest BCUT2D eigenvalue weighted by Crippen LogP contribution is -2.65. The summed E-state index contributed by atoms with van der Waals surface area (Å²) in [7, 11) is 0. The van der Waals surface area contributed by atoms with Gasteiger partial charge in [0.2, 0.25) is 6.29 Å². The van der Waals surface area contributed by atoms with Gasteiger partial charge in [-0.1, -0.05) is 18.2 Å².